The summed E-state index contributed by atoms with van der Waals surface area (Å²) < 4.78 is 0. The maximum Gasteiger partial charge on any atom is -0.0143 e. The van der Waals surface area contributed by atoms with E-state index in [0.717, 1.165) is 6.42 Å². The van der Waals surface area contributed by atoms with Gasteiger partial charge in [-0.1, -0.05) is 67.6 Å². The van der Waals surface area contributed by atoms with Gasteiger partial charge in [-0.3, -0.25) is 0 Å². The van der Waals surface area contributed by atoms with E-state index >= 15 is 0 Å². The zero-order valence-corrected chi connectivity index (χ0v) is 17.9. The molecule has 0 spiro atoms. The topological polar surface area (TPSA) is 0 Å². The second kappa shape index (κ2) is 9.64. The highest BCUT2D eigenvalue weighted by Crippen LogP contribution is 2.35. The lowest BCUT2D eigenvalue weighted by Gasteiger charge is -2.17. The van der Waals surface area contributed by atoms with Gasteiger partial charge in [0.25, 0.3) is 0 Å². The fourth-order valence-electron chi connectivity index (χ4n) is 3.36. The van der Waals surface area contributed by atoms with Crippen LogP contribution in [0.15, 0.2) is 77.2 Å². The standard InChI is InChI=1S/C25H32S/c1-7-12-23(17-20(4)25(8-2)26(5)6)24-18-22(16-15-19(24)3)21-13-10-9-11-14-21/h8-18,26H,7H2,1-6H3/b20-17-,23-12+,25-8+. The summed E-state index contributed by atoms with van der Waals surface area (Å²) in [5.74, 6) is 0. The summed E-state index contributed by atoms with van der Waals surface area (Å²) in [6.07, 6.45) is 12.7. The van der Waals surface area contributed by atoms with E-state index in [0.29, 0.717) is 0 Å². The molecule has 0 radical (unpaired) electrons. The Hall–Kier alpha value is -1.99. The number of rotatable bonds is 6. The Morgan fingerprint density at radius 1 is 1.00 bits per heavy atom. The second-order valence-corrected chi connectivity index (χ2v) is 9.13. The summed E-state index contributed by atoms with van der Waals surface area (Å²) >= 11 is 0. The smallest absolute Gasteiger partial charge is 0.0143 e. The molecule has 0 saturated carbocycles. The first kappa shape index (κ1) is 20.3. The molecule has 26 heavy (non-hydrogen) atoms. The van der Waals surface area contributed by atoms with Crippen LogP contribution in [0.1, 0.15) is 38.3 Å². The molecule has 0 nitrogen and oxygen atoms in total. The van der Waals surface area contributed by atoms with Gasteiger partial charge in [-0.05, 0) is 84.1 Å². The molecule has 138 valence electrons. The minimum absolute atomic E-state index is 0.0966. The normalized spacial score (nSPS) is 13.8. The van der Waals surface area contributed by atoms with Crippen LogP contribution in [0.4, 0.5) is 0 Å². The van der Waals surface area contributed by atoms with Gasteiger partial charge < -0.3 is 0 Å². The van der Waals surface area contributed by atoms with Crippen molar-refractivity contribution in [1.29, 1.82) is 0 Å². The van der Waals surface area contributed by atoms with Crippen molar-refractivity contribution in [2.45, 2.75) is 34.1 Å². The van der Waals surface area contributed by atoms with E-state index < -0.39 is 0 Å². The van der Waals surface area contributed by atoms with E-state index in [1.807, 2.05) is 0 Å². The first-order valence-corrected chi connectivity index (χ1v) is 11.6. The number of hydrogen-bond acceptors (Lipinski definition) is 0. The lowest BCUT2D eigenvalue weighted by Crippen LogP contribution is -1.92. The molecule has 2 aromatic carbocycles. The maximum atomic E-state index is 2.37. The Morgan fingerprint density at radius 3 is 2.27 bits per heavy atom. The van der Waals surface area contributed by atoms with Crippen molar-refractivity contribution >= 4 is 16.5 Å². The number of allylic oxidation sites excluding steroid dienone is 5. The first-order chi connectivity index (χ1) is 12.5. The van der Waals surface area contributed by atoms with Gasteiger partial charge in [-0.2, -0.15) is 0 Å². The Labute approximate surface area is 162 Å². The zero-order chi connectivity index (χ0) is 19.1. The number of thiol groups is 1. The molecular weight excluding hydrogens is 332 g/mol. The predicted octanol–water partition coefficient (Wildman–Crippen LogP) is 7.57. The van der Waals surface area contributed by atoms with Gasteiger partial charge in [0.05, 0.1) is 0 Å². The van der Waals surface area contributed by atoms with Crippen molar-refractivity contribution in [1.82, 2.24) is 0 Å². The number of hydrogen-bond donors (Lipinski definition) is 1. The van der Waals surface area contributed by atoms with Gasteiger partial charge in [-0.25, -0.2) is 10.9 Å². The molecule has 0 aliphatic rings. The van der Waals surface area contributed by atoms with E-state index in [1.165, 1.54) is 38.3 Å². The molecule has 0 atom stereocenters. The molecule has 0 unspecified atom stereocenters. The van der Waals surface area contributed by atoms with E-state index in [-0.39, 0.29) is 10.9 Å². The van der Waals surface area contributed by atoms with Gasteiger partial charge in [0.15, 0.2) is 0 Å². The number of aryl methyl sites for hydroxylation is 1. The van der Waals surface area contributed by atoms with Crippen LogP contribution in [0.5, 0.6) is 0 Å². The average molecular weight is 365 g/mol. The van der Waals surface area contributed by atoms with Crippen LogP contribution in [0.3, 0.4) is 0 Å². The molecular formula is C25H32S. The van der Waals surface area contributed by atoms with Crippen LogP contribution >= 0.6 is 10.9 Å². The molecule has 0 aromatic heterocycles. The van der Waals surface area contributed by atoms with Gasteiger partial charge >= 0.3 is 0 Å². The van der Waals surface area contributed by atoms with E-state index in [4.69, 9.17) is 0 Å². The zero-order valence-electron chi connectivity index (χ0n) is 17.0. The lowest BCUT2D eigenvalue weighted by atomic mass is 9.93. The van der Waals surface area contributed by atoms with Crippen molar-refractivity contribution in [3.05, 3.63) is 88.4 Å². The summed E-state index contributed by atoms with van der Waals surface area (Å²) in [7, 11) is -0.0966. The Balaban J connectivity index is 2.53. The molecule has 0 N–H and O–H groups in total. The highest BCUT2D eigenvalue weighted by Gasteiger charge is 2.08. The summed E-state index contributed by atoms with van der Waals surface area (Å²) in [4.78, 5) is 1.49. The van der Waals surface area contributed by atoms with Crippen molar-refractivity contribution in [2.75, 3.05) is 12.5 Å². The SMILES string of the molecule is C\C=C(/C(C)=C\C(=C/CC)c1cc(-c2ccccc2)ccc1C)[SH](C)C. The van der Waals surface area contributed by atoms with Crippen LogP contribution in [-0.4, -0.2) is 12.5 Å². The molecule has 0 aliphatic carbocycles. The first-order valence-electron chi connectivity index (χ1n) is 9.36. The van der Waals surface area contributed by atoms with E-state index in [2.05, 4.69) is 107 Å². The van der Waals surface area contributed by atoms with Crippen molar-refractivity contribution < 1.29 is 0 Å². The molecule has 2 aromatic rings. The molecule has 0 fully saturated rings. The third kappa shape index (κ3) is 5.02. The lowest BCUT2D eigenvalue weighted by molar-refractivity contribution is 1.22. The Bertz CT molecular complexity index is 820. The molecule has 0 aliphatic heterocycles. The summed E-state index contributed by atoms with van der Waals surface area (Å²) in [5.41, 5.74) is 7.92. The van der Waals surface area contributed by atoms with E-state index in [9.17, 15) is 0 Å². The van der Waals surface area contributed by atoms with Gasteiger partial charge in [-0.15, -0.1) is 0 Å². The largest absolute Gasteiger partial charge is 0.233 e. The highest BCUT2D eigenvalue weighted by molar-refractivity contribution is 8.19. The van der Waals surface area contributed by atoms with Crippen molar-refractivity contribution in [3.63, 3.8) is 0 Å². The Morgan fingerprint density at radius 2 is 1.69 bits per heavy atom. The number of benzene rings is 2. The molecule has 0 heterocycles. The van der Waals surface area contributed by atoms with Gasteiger partial charge in [0, 0.05) is 0 Å². The minimum Gasteiger partial charge on any atom is -0.233 e. The molecule has 1 heteroatoms. The Kier molecular flexibility index (Phi) is 7.53. The van der Waals surface area contributed by atoms with Crippen LogP contribution in [-0.2, 0) is 0 Å². The molecule has 0 bridgehead atoms. The highest BCUT2D eigenvalue weighted by atomic mass is 32.2. The van der Waals surface area contributed by atoms with Crippen molar-refractivity contribution in [3.8, 4) is 11.1 Å². The second-order valence-electron chi connectivity index (χ2n) is 6.86. The fourth-order valence-corrected chi connectivity index (χ4v) is 4.64. The summed E-state index contributed by atoms with van der Waals surface area (Å²) in [6, 6.07) is 17.4. The quantitative estimate of drug-likeness (QED) is 0.396. The van der Waals surface area contributed by atoms with Crippen LogP contribution in [0, 0.1) is 6.92 Å². The minimum atomic E-state index is -0.0966. The summed E-state index contributed by atoms with van der Waals surface area (Å²) in [6.45, 7) is 8.82. The van der Waals surface area contributed by atoms with Crippen LogP contribution in [0.25, 0.3) is 16.7 Å². The van der Waals surface area contributed by atoms with E-state index in [1.54, 1.807) is 0 Å². The predicted molar refractivity (Wildman–Crippen MR) is 123 cm³/mol. The molecule has 0 saturated heterocycles. The maximum absolute atomic E-state index is 2.37. The van der Waals surface area contributed by atoms with Gasteiger partial charge in [0.2, 0.25) is 0 Å². The van der Waals surface area contributed by atoms with Crippen LogP contribution < -0.4 is 0 Å². The molecule has 2 rings (SSSR count). The fraction of sp³-hybridized carbons (Fsp3) is 0.280. The third-order valence-corrected chi connectivity index (χ3v) is 6.19. The average Bonchev–Trinajstić information content (AvgIpc) is 2.63. The molecule has 0 amide bonds. The van der Waals surface area contributed by atoms with Crippen molar-refractivity contribution in [2.24, 2.45) is 0 Å². The van der Waals surface area contributed by atoms with Gasteiger partial charge in [0.1, 0.15) is 0 Å². The third-order valence-electron chi connectivity index (χ3n) is 4.61. The monoisotopic (exact) mass is 364 g/mol. The summed E-state index contributed by atoms with van der Waals surface area (Å²) in [5, 5.41) is 0. The van der Waals surface area contributed by atoms with Crippen LogP contribution in [0.2, 0.25) is 0 Å².